The van der Waals surface area contributed by atoms with E-state index in [9.17, 15) is 13.2 Å². The summed E-state index contributed by atoms with van der Waals surface area (Å²) >= 11 is 0. The van der Waals surface area contributed by atoms with Crippen LogP contribution in [0.3, 0.4) is 0 Å². The van der Waals surface area contributed by atoms with E-state index >= 15 is 0 Å². The first-order valence-corrected chi connectivity index (χ1v) is 7.68. The third-order valence-corrected chi connectivity index (χ3v) is 4.72. The second-order valence-corrected chi connectivity index (χ2v) is 7.03. The molecule has 0 fully saturated rings. The Morgan fingerprint density at radius 3 is 2.40 bits per heavy atom. The predicted molar refractivity (Wildman–Crippen MR) is 77.5 cm³/mol. The molecule has 0 radical (unpaired) electrons. The summed E-state index contributed by atoms with van der Waals surface area (Å²) < 4.78 is 25.3. The van der Waals surface area contributed by atoms with Gasteiger partial charge in [0.25, 0.3) is 0 Å². The summed E-state index contributed by atoms with van der Waals surface area (Å²) in [5.41, 5.74) is 6.20. The third-order valence-electron chi connectivity index (χ3n) is 2.91. The van der Waals surface area contributed by atoms with Crippen LogP contribution >= 0.6 is 0 Å². The molecule has 0 aliphatic carbocycles. The maximum absolute atomic E-state index is 12.1. The van der Waals surface area contributed by atoms with Gasteiger partial charge in [-0.15, -0.1) is 0 Å². The zero-order chi connectivity index (χ0) is 15.5. The third kappa shape index (κ3) is 3.78. The van der Waals surface area contributed by atoms with Gasteiger partial charge in [-0.1, -0.05) is 12.1 Å². The summed E-state index contributed by atoms with van der Waals surface area (Å²) in [6.07, 6.45) is 0. The highest BCUT2D eigenvalue weighted by atomic mass is 32.2. The Morgan fingerprint density at radius 2 is 1.90 bits per heavy atom. The Hall–Kier alpha value is -1.44. The first kappa shape index (κ1) is 16.6. The fourth-order valence-electron chi connectivity index (χ4n) is 1.58. The molecule has 1 amide bonds. The van der Waals surface area contributed by atoms with E-state index in [2.05, 4.69) is 5.32 Å². The fraction of sp³-hybridized carbons (Fsp3) is 0.462. The number of rotatable bonds is 5. The normalized spacial score (nSPS) is 14.9. The zero-order valence-corrected chi connectivity index (χ0v) is 12.9. The Kier molecular flexibility index (Phi) is 5.27. The maximum Gasteiger partial charge on any atom is 0.242 e. The number of carbonyl (C=O) groups excluding carboxylic acids is 1. The predicted octanol–water partition coefficient (Wildman–Crippen LogP) is 0.461. The molecule has 1 aromatic rings. The number of hydrogen-bond donors (Lipinski definition) is 2. The van der Waals surface area contributed by atoms with E-state index < -0.39 is 16.1 Å². The maximum atomic E-state index is 12.1. The zero-order valence-electron chi connectivity index (χ0n) is 12.1. The van der Waals surface area contributed by atoms with E-state index in [1.165, 1.54) is 20.2 Å². The van der Waals surface area contributed by atoms with Gasteiger partial charge in [0.05, 0.1) is 17.0 Å². The Bertz CT molecular complexity index is 582. The summed E-state index contributed by atoms with van der Waals surface area (Å²) in [5.74, 6) is -0.279. The average Bonchev–Trinajstić information content (AvgIpc) is 2.38. The molecule has 0 bridgehead atoms. The minimum Gasteiger partial charge on any atom is -0.348 e. The van der Waals surface area contributed by atoms with Gasteiger partial charge in [0, 0.05) is 14.1 Å². The van der Waals surface area contributed by atoms with Crippen LogP contribution in [0.15, 0.2) is 29.2 Å². The van der Waals surface area contributed by atoms with Crippen LogP contribution in [0.5, 0.6) is 0 Å². The van der Waals surface area contributed by atoms with Crippen LogP contribution < -0.4 is 11.1 Å². The minimum atomic E-state index is -3.48. The van der Waals surface area contributed by atoms with Crippen LogP contribution in [-0.4, -0.2) is 38.8 Å². The molecule has 0 saturated heterocycles. The van der Waals surface area contributed by atoms with Crippen molar-refractivity contribution in [3.63, 3.8) is 0 Å². The van der Waals surface area contributed by atoms with Crippen molar-refractivity contribution in [3.8, 4) is 0 Å². The molecule has 2 atom stereocenters. The first-order valence-electron chi connectivity index (χ1n) is 6.24. The highest BCUT2D eigenvalue weighted by Crippen LogP contribution is 2.19. The summed E-state index contributed by atoms with van der Waals surface area (Å²) in [7, 11) is -0.531. The van der Waals surface area contributed by atoms with Gasteiger partial charge in [0.2, 0.25) is 15.9 Å². The second-order valence-electron chi connectivity index (χ2n) is 4.88. The van der Waals surface area contributed by atoms with Crippen molar-refractivity contribution in [3.05, 3.63) is 29.8 Å². The lowest BCUT2D eigenvalue weighted by atomic mass is 10.1. The number of sulfonamides is 1. The van der Waals surface area contributed by atoms with E-state index in [4.69, 9.17) is 5.73 Å². The fourth-order valence-corrected chi connectivity index (χ4v) is 2.54. The van der Waals surface area contributed by atoms with E-state index in [1.54, 1.807) is 32.0 Å². The molecule has 0 aromatic heterocycles. The van der Waals surface area contributed by atoms with Crippen LogP contribution in [0.1, 0.15) is 25.5 Å². The van der Waals surface area contributed by atoms with E-state index in [-0.39, 0.29) is 16.8 Å². The molecule has 0 saturated carbocycles. The molecule has 3 N–H and O–H groups in total. The SMILES string of the molecule is CC(NC(=O)[C@@H](C)N)c1cccc(S(=O)(=O)N(C)C)c1. The molecule has 20 heavy (non-hydrogen) atoms. The van der Waals surface area contributed by atoms with Crippen molar-refractivity contribution in [2.45, 2.75) is 30.8 Å². The monoisotopic (exact) mass is 299 g/mol. The lowest BCUT2D eigenvalue weighted by Crippen LogP contribution is -2.39. The average molecular weight is 299 g/mol. The van der Waals surface area contributed by atoms with Crippen LogP contribution in [0.2, 0.25) is 0 Å². The Morgan fingerprint density at radius 1 is 1.30 bits per heavy atom. The molecule has 1 rings (SSSR count). The van der Waals surface area contributed by atoms with Crippen molar-refractivity contribution in [2.24, 2.45) is 5.73 Å². The van der Waals surface area contributed by atoms with Gasteiger partial charge < -0.3 is 11.1 Å². The first-order chi connectivity index (χ1) is 9.16. The van der Waals surface area contributed by atoms with Gasteiger partial charge in [-0.25, -0.2) is 12.7 Å². The van der Waals surface area contributed by atoms with Crippen molar-refractivity contribution in [1.82, 2.24) is 9.62 Å². The summed E-state index contributed by atoms with van der Waals surface area (Å²) in [6, 6.07) is 5.58. The van der Waals surface area contributed by atoms with Crippen LogP contribution in [0, 0.1) is 0 Å². The molecule has 6 nitrogen and oxygen atoms in total. The van der Waals surface area contributed by atoms with Crippen molar-refractivity contribution in [1.29, 1.82) is 0 Å². The standard InChI is InChI=1S/C13H21N3O3S/c1-9(14)13(17)15-10(2)11-6-5-7-12(8-11)20(18,19)16(3)4/h5-10H,14H2,1-4H3,(H,15,17)/t9-,10?/m1/s1. The molecule has 0 heterocycles. The molecular formula is C13H21N3O3S. The van der Waals surface area contributed by atoms with E-state index in [0.29, 0.717) is 5.56 Å². The molecule has 1 unspecified atom stereocenters. The molecule has 0 aliphatic heterocycles. The van der Waals surface area contributed by atoms with Gasteiger partial charge in [0.1, 0.15) is 0 Å². The number of amides is 1. The van der Waals surface area contributed by atoms with E-state index in [0.717, 1.165) is 4.31 Å². The van der Waals surface area contributed by atoms with Gasteiger partial charge >= 0.3 is 0 Å². The van der Waals surface area contributed by atoms with Crippen LogP contribution in [-0.2, 0) is 14.8 Å². The molecule has 0 spiro atoms. The molecule has 112 valence electrons. The topological polar surface area (TPSA) is 92.5 Å². The van der Waals surface area contributed by atoms with Gasteiger partial charge in [0.15, 0.2) is 0 Å². The van der Waals surface area contributed by atoms with Crippen LogP contribution in [0.25, 0.3) is 0 Å². The summed E-state index contributed by atoms with van der Waals surface area (Å²) in [5, 5.41) is 2.73. The highest BCUT2D eigenvalue weighted by Gasteiger charge is 2.19. The number of benzene rings is 1. The quantitative estimate of drug-likeness (QED) is 0.826. The van der Waals surface area contributed by atoms with E-state index in [1.807, 2.05) is 0 Å². The molecule has 1 aromatic carbocycles. The molecule has 7 heteroatoms. The lowest BCUT2D eigenvalue weighted by molar-refractivity contribution is -0.122. The van der Waals surface area contributed by atoms with Crippen LogP contribution in [0.4, 0.5) is 0 Å². The van der Waals surface area contributed by atoms with Gasteiger partial charge in [-0.05, 0) is 31.5 Å². The molecule has 0 aliphatic rings. The molecular weight excluding hydrogens is 278 g/mol. The van der Waals surface area contributed by atoms with Gasteiger partial charge in [-0.2, -0.15) is 0 Å². The van der Waals surface area contributed by atoms with Crippen molar-refractivity contribution in [2.75, 3.05) is 14.1 Å². The van der Waals surface area contributed by atoms with Crippen molar-refractivity contribution < 1.29 is 13.2 Å². The number of nitrogens with zero attached hydrogens (tertiary/aromatic N) is 1. The number of hydrogen-bond acceptors (Lipinski definition) is 4. The number of nitrogens with two attached hydrogens (primary N) is 1. The summed E-state index contributed by atoms with van der Waals surface area (Å²) in [4.78, 5) is 11.8. The Labute approximate surface area is 120 Å². The smallest absolute Gasteiger partial charge is 0.242 e. The largest absolute Gasteiger partial charge is 0.348 e. The van der Waals surface area contributed by atoms with Crippen molar-refractivity contribution >= 4 is 15.9 Å². The lowest BCUT2D eigenvalue weighted by Gasteiger charge is -2.18. The Balaban J connectivity index is 3.02. The summed E-state index contributed by atoms with van der Waals surface area (Å²) in [6.45, 7) is 3.37. The number of carbonyl (C=O) groups is 1. The minimum absolute atomic E-state index is 0.196. The highest BCUT2D eigenvalue weighted by molar-refractivity contribution is 7.89. The van der Waals surface area contributed by atoms with Gasteiger partial charge in [-0.3, -0.25) is 4.79 Å². The number of nitrogens with one attached hydrogen (secondary N) is 1. The second kappa shape index (κ2) is 6.34.